The molecule has 1 aromatic rings. The van der Waals surface area contributed by atoms with E-state index < -0.39 is 0 Å². The van der Waals surface area contributed by atoms with Crippen molar-refractivity contribution in [3.05, 3.63) is 5.82 Å². The monoisotopic (exact) mass is 303 g/mol. The van der Waals surface area contributed by atoms with Crippen molar-refractivity contribution < 1.29 is 9.47 Å². The molecule has 1 heterocycles. The van der Waals surface area contributed by atoms with E-state index in [1.54, 1.807) is 0 Å². The molecule has 0 saturated carbocycles. The summed E-state index contributed by atoms with van der Waals surface area (Å²) in [6.07, 6.45) is 0. The van der Waals surface area contributed by atoms with E-state index in [1.165, 1.54) is 14.2 Å². The number of nitrogens with zero attached hydrogens (tertiary/aromatic N) is 3. The van der Waals surface area contributed by atoms with E-state index in [0.717, 1.165) is 0 Å². The molecule has 96 valence electrons. The summed E-state index contributed by atoms with van der Waals surface area (Å²) in [5, 5.41) is 0. The fourth-order valence-corrected chi connectivity index (χ4v) is 2.57. The molecule has 0 amide bonds. The second kappa shape index (κ2) is 6.14. The van der Waals surface area contributed by atoms with Gasteiger partial charge in [0, 0.05) is 10.7 Å². The number of hydrogen-bond acceptors (Lipinski definition) is 5. The van der Waals surface area contributed by atoms with Crippen LogP contribution >= 0.6 is 15.9 Å². The second-order valence-corrected chi connectivity index (χ2v) is 5.56. The lowest BCUT2D eigenvalue weighted by molar-refractivity contribution is 0.329. The molecule has 1 rings (SSSR count). The molecule has 0 fully saturated rings. The zero-order valence-corrected chi connectivity index (χ0v) is 12.4. The minimum atomic E-state index is 0.181. The van der Waals surface area contributed by atoms with Crippen molar-refractivity contribution in [2.24, 2.45) is 5.92 Å². The fraction of sp³-hybridized carbons (Fsp3) is 0.727. The van der Waals surface area contributed by atoms with Crippen LogP contribution in [-0.4, -0.2) is 34.0 Å². The summed E-state index contributed by atoms with van der Waals surface area (Å²) < 4.78 is 10.1. The molecule has 6 heteroatoms. The highest BCUT2D eigenvalue weighted by molar-refractivity contribution is 9.09. The van der Waals surface area contributed by atoms with Crippen LogP contribution in [0.1, 0.15) is 32.5 Å². The Kier molecular flexibility index (Phi) is 5.11. The van der Waals surface area contributed by atoms with Crippen LogP contribution in [-0.2, 0) is 0 Å². The maximum atomic E-state index is 5.05. The van der Waals surface area contributed by atoms with Gasteiger partial charge < -0.3 is 9.47 Å². The van der Waals surface area contributed by atoms with Crippen LogP contribution in [0, 0.1) is 5.92 Å². The van der Waals surface area contributed by atoms with Gasteiger partial charge in [0.2, 0.25) is 0 Å². The summed E-state index contributed by atoms with van der Waals surface area (Å²) >= 11 is 3.59. The van der Waals surface area contributed by atoms with E-state index in [4.69, 9.17) is 9.47 Å². The number of aromatic nitrogens is 3. The maximum Gasteiger partial charge on any atom is 0.322 e. The van der Waals surface area contributed by atoms with Crippen LogP contribution in [0.15, 0.2) is 0 Å². The number of alkyl halides is 1. The highest BCUT2D eigenvalue weighted by atomic mass is 79.9. The van der Waals surface area contributed by atoms with Gasteiger partial charge in [-0.2, -0.15) is 9.97 Å². The second-order valence-electron chi connectivity index (χ2n) is 4.11. The zero-order valence-electron chi connectivity index (χ0n) is 10.8. The Hall–Kier alpha value is -0.910. The lowest BCUT2D eigenvalue weighted by atomic mass is 9.92. The van der Waals surface area contributed by atoms with Gasteiger partial charge >= 0.3 is 12.0 Å². The van der Waals surface area contributed by atoms with E-state index in [9.17, 15) is 0 Å². The number of rotatable bonds is 5. The number of halogens is 1. The summed E-state index contributed by atoms with van der Waals surface area (Å²) in [6.45, 7) is 6.34. The topological polar surface area (TPSA) is 57.1 Å². The summed E-state index contributed by atoms with van der Waals surface area (Å²) in [7, 11) is 3.06. The van der Waals surface area contributed by atoms with Gasteiger partial charge in [-0.3, -0.25) is 0 Å². The Bertz CT molecular complexity index is 341. The van der Waals surface area contributed by atoms with Gasteiger partial charge in [-0.05, 0) is 5.92 Å². The van der Waals surface area contributed by atoms with Crippen LogP contribution in [0.4, 0.5) is 0 Å². The first-order valence-corrected chi connectivity index (χ1v) is 6.39. The molecule has 0 aromatic carbocycles. The molecule has 0 aliphatic rings. The van der Waals surface area contributed by atoms with Crippen molar-refractivity contribution >= 4 is 15.9 Å². The first-order valence-electron chi connectivity index (χ1n) is 5.47. The van der Waals surface area contributed by atoms with Gasteiger partial charge in [-0.1, -0.05) is 36.7 Å². The third-order valence-electron chi connectivity index (χ3n) is 2.49. The summed E-state index contributed by atoms with van der Waals surface area (Å²) in [5.74, 6) is 1.27. The zero-order chi connectivity index (χ0) is 13.0. The minimum Gasteiger partial charge on any atom is -0.467 e. The molecule has 0 aliphatic carbocycles. The lowest BCUT2D eigenvalue weighted by Gasteiger charge is -2.22. The predicted octanol–water partition coefficient (Wildman–Crippen LogP) is 2.41. The van der Waals surface area contributed by atoms with E-state index in [1.807, 2.05) is 0 Å². The van der Waals surface area contributed by atoms with Gasteiger partial charge in [0.25, 0.3) is 0 Å². The first kappa shape index (κ1) is 14.2. The van der Waals surface area contributed by atoms with Gasteiger partial charge in [-0.25, -0.2) is 0 Å². The molecular weight excluding hydrogens is 286 g/mol. The molecule has 17 heavy (non-hydrogen) atoms. The highest BCUT2D eigenvalue weighted by Gasteiger charge is 2.25. The van der Waals surface area contributed by atoms with Gasteiger partial charge in [0.1, 0.15) is 5.82 Å². The Morgan fingerprint density at radius 1 is 0.941 bits per heavy atom. The van der Waals surface area contributed by atoms with E-state index in [2.05, 4.69) is 51.7 Å². The Morgan fingerprint density at radius 2 is 1.41 bits per heavy atom. The Labute approximate surface area is 110 Å². The van der Waals surface area contributed by atoms with Crippen LogP contribution < -0.4 is 9.47 Å². The smallest absolute Gasteiger partial charge is 0.322 e. The van der Waals surface area contributed by atoms with Crippen LogP contribution in [0.2, 0.25) is 0 Å². The summed E-state index contributed by atoms with van der Waals surface area (Å²) in [6, 6.07) is 0.566. The number of hydrogen-bond donors (Lipinski definition) is 0. The SMILES string of the molecule is COc1nc(OC)nc(C(C(C)C)C(C)Br)n1. The predicted molar refractivity (Wildman–Crippen MR) is 68.9 cm³/mol. The minimum absolute atomic E-state index is 0.181. The summed E-state index contributed by atoms with van der Waals surface area (Å²) in [5.41, 5.74) is 0. The van der Waals surface area contributed by atoms with Crippen LogP contribution in [0.3, 0.4) is 0 Å². The van der Waals surface area contributed by atoms with E-state index >= 15 is 0 Å². The van der Waals surface area contributed by atoms with Crippen molar-refractivity contribution in [1.29, 1.82) is 0 Å². The van der Waals surface area contributed by atoms with Crippen molar-refractivity contribution in [3.63, 3.8) is 0 Å². The Morgan fingerprint density at radius 3 is 1.71 bits per heavy atom. The Balaban J connectivity index is 3.17. The molecule has 5 nitrogen and oxygen atoms in total. The molecule has 2 unspecified atom stereocenters. The normalized spacial score (nSPS) is 14.5. The molecule has 1 aromatic heterocycles. The van der Waals surface area contributed by atoms with Crippen molar-refractivity contribution in [3.8, 4) is 12.0 Å². The standard InChI is InChI=1S/C11H18BrN3O2/c1-6(2)8(7(3)12)9-13-10(16-4)15-11(14-9)17-5/h6-8H,1-5H3. The highest BCUT2D eigenvalue weighted by Crippen LogP contribution is 2.31. The van der Waals surface area contributed by atoms with Crippen LogP contribution in [0.5, 0.6) is 12.0 Å². The first-order chi connectivity index (χ1) is 7.99. The molecule has 0 aliphatic heterocycles. The number of ether oxygens (including phenoxy) is 2. The quantitative estimate of drug-likeness (QED) is 0.782. The maximum absolute atomic E-state index is 5.05. The molecule has 2 atom stereocenters. The van der Waals surface area contributed by atoms with Crippen molar-refractivity contribution in [2.75, 3.05) is 14.2 Å². The average molecular weight is 304 g/mol. The number of methoxy groups -OCH3 is 2. The lowest BCUT2D eigenvalue weighted by Crippen LogP contribution is -2.19. The van der Waals surface area contributed by atoms with Gasteiger partial charge in [-0.15, -0.1) is 4.98 Å². The molecule has 0 N–H and O–H groups in total. The van der Waals surface area contributed by atoms with Crippen molar-refractivity contribution in [2.45, 2.75) is 31.5 Å². The van der Waals surface area contributed by atoms with Gasteiger partial charge in [0.05, 0.1) is 14.2 Å². The average Bonchev–Trinajstić information content (AvgIpc) is 2.27. The largest absolute Gasteiger partial charge is 0.467 e. The van der Waals surface area contributed by atoms with E-state index in [0.29, 0.717) is 11.7 Å². The molecule has 0 spiro atoms. The molecule has 0 bridgehead atoms. The molecule has 0 saturated heterocycles. The fourth-order valence-electron chi connectivity index (χ4n) is 1.72. The molecule has 0 radical (unpaired) electrons. The summed E-state index contributed by atoms with van der Waals surface area (Å²) in [4.78, 5) is 12.8. The third-order valence-corrected chi connectivity index (χ3v) is 3.06. The van der Waals surface area contributed by atoms with E-state index in [-0.39, 0.29) is 22.8 Å². The van der Waals surface area contributed by atoms with Crippen molar-refractivity contribution in [1.82, 2.24) is 15.0 Å². The van der Waals surface area contributed by atoms with Gasteiger partial charge in [0.15, 0.2) is 0 Å². The van der Waals surface area contributed by atoms with Crippen LogP contribution in [0.25, 0.3) is 0 Å². The molecular formula is C11H18BrN3O2. The third kappa shape index (κ3) is 3.52.